The molecule has 1 fully saturated rings. The molecule has 0 amide bonds. The average molecular weight is 407 g/mol. The van der Waals surface area contributed by atoms with E-state index in [1.165, 1.54) is 6.07 Å². The highest BCUT2D eigenvalue weighted by Gasteiger charge is 2.21. The second-order valence-corrected chi connectivity index (χ2v) is 7.99. The van der Waals surface area contributed by atoms with Crippen LogP contribution in [0.1, 0.15) is 35.6 Å². The van der Waals surface area contributed by atoms with E-state index in [0.717, 1.165) is 48.1 Å². The summed E-state index contributed by atoms with van der Waals surface area (Å²) in [4.78, 5) is 8.52. The number of anilines is 2. The third-order valence-electron chi connectivity index (χ3n) is 5.98. The Kier molecular flexibility index (Phi) is 4.62. The highest BCUT2D eigenvalue weighted by Crippen LogP contribution is 2.36. The van der Waals surface area contributed by atoms with Crippen molar-refractivity contribution in [2.75, 3.05) is 18.4 Å². The number of hydrogen-bond donors (Lipinski definition) is 2. The van der Waals surface area contributed by atoms with E-state index in [2.05, 4.69) is 20.6 Å². The van der Waals surface area contributed by atoms with Crippen LogP contribution in [0, 0.1) is 25.5 Å². The zero-order chi connectivity index (χ0) is 20.8. The zero-order valence-electron chi connectivity index (χ0n) is 17.0. The van der Waals surface area contributed by atoms with Crippen LogP contribution in [-0.4, -0.2) is 27.5 Å². The van der Waals surface area contributed by atoms with E-state index in [1.807, 2.05) is 19.9 Å². The Morgan fingerprint density at radius 2 is 1.90 bits per heavy atom. The molecule has 1 aliphatic rings. The van der Waals surface area contributed by atoms with Gasteiger partial charge in [-0.15, -0.1) is 0 Å². The van der Waals surface area contributed by atoms with Crippen molar-refractivity contribution in [2.45, 2.75) is 32.6 Å². The van der Waals surface area contributed by atoms with Gasteiger partial charge >= 0.3 is 0 Å². The maximum atomic E-state index is 15.3. The van der Waals surface area contributed by atoms with Crippen molar-refractivity contribution in [3.63, 3.8) is 0 Å². The molecule has 5 nitrogen and oxygen atoms in total. The van der Waals surface area contributed by atoms with E-state index in [0.29, 0.717) is 22.8 Å². The summed E-state index contributed by atoms with van der Waals surface area (Å²) >= 11 is 0. The monoisotopic (exact) mass is 407 g/mol. The van der Waals surface area contributed by atoms with Gasteiger partial charge < -0.3 is 15.0 Å². The molecule has 0 atom stereocenters. The van der Waals surface area contributed by atoms with Gasteiger partial charge in [-0.1, -0.05) is 0 Å². The molecule has 5 rings (SSSR count). The van der Waals surface area contributed by atoms with Gasteiger partial charge in [-0.3, -0.25) is 0 Å². The molecule has 3 aromatic heterocycles. The topological polar surface area (TPSA) is 54.2 Å². The van der Waals surface area contributed by atoms with Gasteiger partial charge in [-0.2, -0.15) is 0 Å². The third kappa shape index (κ3) is 3.19. The second-order valence-electron chi connectivity index (χ2n) is 7.99. The lowest BCUT2D eigenvalue weighted by Gasteiger charge is -2.25. The number of aryl methyl sites for hydroxylation is 2. The first-order valence-corrected chi connectivity index (χ1v) is 10.2. The lowest BCUT2D eigenvalue weighted by Crippen LogP contribution is -2.27. The third-order valence-corrected chi connectivity index (χ3v) is 5.98. The molecule has 0 unspecified atom stereocenters. The van der Waals surface area contributed by atoms with E-state index in [4.69, 9.17) is 0 Å². The van der Waals surface area contributed by atoms with Crippen LogP contribution in [0.3, 0.4) is 0 Å². The number of piperidine rings is 1. The molecule has 0 spiro atoms. The van der Waals surface area contributed by atoms with Crippen molar-refractivity contribution < 1.29 is 8.78 Å². The van der Waals surface area contributed by atoms with Gasteiger partial charge in [0.05, 0.1) is 16.8 Å². The fraction of sp³-hybridized carbons (Fsp3) is 0.304. The van der Waals surface area contributed by atoms with Gasteiger partial charge in [0.1, 0.15) is 11.6 Å². The van der Waals surface area contributed by atoms with Crippen molar-refractivity contribution >= 4 is 27.9 Å². The fourth-order valence-corrected chi connectivity index (χ4v) is 4.52. The van der Waals surface area contributed by atoms with Crippen molar-refractivity contribution in [3.05, 3.63) is 65.2 Å². The number of aromatic nitrogens is 3. The van der Waals surface area contributed by atoms with Gasteiger partial charge in [-0.05, 0) is 74.3 Å². The quantitative estimate of drug-likeness (QED) is 0.503. The number of halogens is 2. The van der Waals surface area contributed by atoms with Crippen LogP contribution in [0.4, 0.5) is 20.3 Å². The largest absolute Gasteiger partial charge is 0.338 e. The average Bonchev–Trinajstić information content (AvgIpc) is 3.12. The molecule has 154 valence electrons. The minimum Gasteiger partial charge on any atom is -0.338 e. The summed E-state index contributed by atoms with van der Waals surface area (Å²) in [6.07, 6.45) is 7.15. The summed E-state index contributed by atoms with van der Waals surface area (Å²) in [5.74, 6) is -0.0193. The molecular formula is C23H23F2N5. The highest BCUT2D eigenvalue weighted by atomic mass is 19.1. The molecule has 30 heavy (non-hydrogen) atoms. The highest BCUT2D eigenvalue weighted by molar-refractivity contribution is 5.96. The number of imidazole rings is 1. The Morgan fingerprint density at radius 3 is 2.70 bits per heavy atom. The van der Waals surface area contributed by atoms with Crippen LogP contribution < -0.4 is 10.6 Å². The predicted molar refractivity (Wildman–Crippen MR) is 114 cm³/mol. The fourth-order valence-electron chi connectivity index (χ4n) is 4.52. The number of rotatable bonds is 3. The molecule has 7 heteroatoms. The SMILES string of the molecule is Cc1cn2cc(Nc3nccc4c(C)c(C5CCNCC5)cc(F)c34)cc(F)c2n1. The Morgan fingerprint density at radius 1 is 1.10 bits per heavy atom. The van der Waals surface area contributed by atoms with Gasteiger partial charge in [0.2, 0.25) is 0 Å². The van der Waals surface area contributed by atoms with E-state index in [9.17, 15) is 4.39 Å². The van der Waals surface area contributed by atoms with E-state index in [1.54, 1.807) is 29.1 Å². The minimum absolute atomic E-state index is 0.262. The molecule has 0 radical (unpaired) electrons. The number of fused-ring (bicyclic) bond motifs is 2. The Hall–Kier alpha value is -3.06. The minimum atomic E-state index is -0.446. The second kappa shape index (κ2) is 7.32. The summed E-state index contributed by atoms with van der Waals surface area (Å²) in [5.41, 5.74) is 3.62. The standard InChI is InChI=1S/C23H23F2N5/c1-13-11-30-12-16(9-20(25)23(30)28-13)29-22-21-17(5-8-27-22)14(2)18(10-19(21)24)15-3-6-26-7-4-15/h5,8-12,15,26H,3-4,6-7H2,1-2H3,(H,27,29). The smallest absolute Gasteiger partial charge is 0.173 e. The molecule has 0 saturated carbocycles. The zero-order valence-corrected chi connectivity index (χ0v) is 17.0. The number of benzene rings is 1. The van der Waals surface area contributed by atoms with Crippen LogP contribution >= 0.6 is 0 Å². The number of nitrogens with one attached hydrogen (secondary N) is 2. The molecule has 1 aromatic carbocycles. The maximum Gasteiger partial charge on any atom is 0.173 e. The molecular weight excluding hydrogens is 384 g/mol. The Balaban J connectivity index is 1.59. The lowest BCUT2D eigenvalue weighted by molar-refractivity contribution is 0.458. The molecule has 4 heterocycles. The molecule has 1 saturated heterocycles. The summed E-state index contributed by atoms with van der Waals surface area (Å²) in [7, 11) is 0. The summed E-state index contributed by atoms with van der Waals surface area (Å²) in [5, 5.41) is 7.73. The molecule has 1 aliphatic heterocycles. The van der Waals surface area contributed by atoms with Crippen molar-refractivity contribution in [1.29, 1.82) is 0 Å². The summed E-state index contributed by atoms with van der Waals surface area (Å²) in [6, 6.07) is 4.87. The first kappa shape index (κ1) is 18.9. The number of nitrogens with zero attached hydrogens (tertiary/aromatic N) is 3. The summed E-state index contributed by atoms with van der Waals surface area (Å²) in [6.45, 7) is 5.76. The summed E-state index contributed by atoms with van der Waals surface area (Å²) < 4.78 is 31.4. The molecule has 4 aromatic rings. The van der Waals surface area contributed by atoms with Crippen molar-refractivity contribution in [1.82, 2.24) is 19.7 Å². The van der Waals surface area contributed by atoms with Gasteiger partial charge in [0, 0.05) is 24.7 Å². The first-order valence-electron chi connectivity index (χ1n) is 10.2. The Bertz CT molecular complexity index is 1260. The van der Waals surface area contributed by atoms with Crippen molar-refractivity contribution in [3.8, 4) is 0 Å². The normalized spacial score (nSPS) is 15.2. The maximum absolute atomic E-state index is 15.3. The van der Waals surface area contributed by atoms with Crippen LogP contribution in [0.5, 0.6) is 0 Å². The van der Waals surface area contributed by atoms with Gasteiger partial charge in [0.25, 0.3) is 0 Å². The van der Waals surface area contributed by atoms with Gasteiger partial charge in [-0.25, -0.2) is 18.7 Å². The van der Waals surface area contributed by atoms with Crippen LogP contribution in [-0.2, 0) is 0 Å². The lowest BCUT2D eigenvalue weighted by atomic mass is 9.85. The molecule has 0 bridgehead atoms. The number of hydrogen-bond acceptors (Lipinski definition) is 4. The van der Waals surface area contributed by atoms with E-state index < -0.39 is 5.82 Å². The number of pyridine rings is 2. The first-order chi connectivity index (χ1) is 14.5. The Labute approximate surface area is 173 Å². The van der Waals surface area contributed by atoms with Crippen LogP contribution in [0.15, 0.2) is 36.8 Å². The van der Waals surface area contributed by atoms with Crippen molar-refractivity contribution in [2.24, 2.45) is 0 Å². The molecule has 2 N–H and O–H groups in total. The predicted octanol–water partition coefficient (Wildman–Crippen LogP) is 4.99. The van der Waals surface area contributed by atoms with Crippen LogP contribution in [0.25, 0.3) is 16.4 Å². The van der Waals surface area contributed by atoms with E-state index in [-0.39, 0.29) is 11.5 Å². The van der Waals surface area contributed by atoms with E-state index >= 15 is 4.39 Å². The van der Waals surface area contributed by atoms with Gasteiger partial charge in [0.15, 0.2) is 11.5 Å². The van der Waals surface area contributed by atoms with Crippen LogP contribution in [0.2, 0.25) is 0 Å². The molecule has 0 aliphatic carbocycles.